The fourth-order valence-electron chi connectivity index (χ4n) is 2.40. The second-order valence-electron chi connectivity index (χ2n) is 5.05. The van der Waals surface area contributed by atoms with Crippen molar-refractivity contribution < 1.29 is 4.79 Å². The van der Waals surface area contributed by atoms with Crippen molar-refractivity contribution in [2.24, 2.45) is 0 Å². The summed E-state index contributed by atoms with van der Waals surface area (Å²) in [4.78, 5) is 27.8. The van der Waals surface area contributed by atoms with E-state index in [2.05, 4.69) is 4.98 Å². The summed E-state index contributed by atoms with van der Waals surface area (Å²) in [6.07, 6.45) is 0. The van der Waals surface area contributed by atoms with Crippen LogP contribution in [0.5, 0.6) is 0 Å². The Hall–Kier alpha value is -2.46. The molecular weight excluding hydrogens is 300 g/mol. The average molecular weight is 313 g/mol. The number of carbonyl (C=O) groups is 1. The van der Waals surface area contributed by atoms with Crippen molar-refractivity contribution in [2.75, 3.05) is 0 Å². The molecular formula is C17H13ClN2O2. The molecule has 4 nitrogen and oxygen atoms in total. The first kappa shape index (κ1) is 14.5. The number of hydrogen-bond acceptors (Lipinski definition) is 3. The molecule has 3 rings (SSSR count). The fraction of sp³-hybridized carbons (Fsp3) is 0.118. The van der Waals surface area contributed by atoms with E-state index in [9.17, 15) is 9.59 Å². The molecule has 1 aromatic heterocycles. The Morgan fingerprint density at radius 1 is 1.14 bits per heavy atom. The van der Waals surface area contributed by atoms with Gasteiger partial charge in [-0.05, 0) is 48.4 Å². The summed E-state index contributed by atoms with van der Waals surface area (Å²) in [5.74, 6) is 0. The smallest absolute Gasteiger partial charge is 0.272 e. The Morgan fingerprint density at radius 3 is 2.50 bits per heavy atom. The van der Waals surface area contributed by atoms with Crippen LogP contribution >= 0.6 is 11.6 Å². The number of fused-ring (bicyclic) bond motifs is 1. The molecule has 3 aromatic rings. The van der Waals surface area contributed by atoms with Gasteiger partial charge in [-0.1, -0.05) is 24.3 Å². The van der Waals surface area contributed by atoms with Crippen LogP contribution in [0.1, 0.15) is 21.6 Å². The van der Waals surface area contributed by atoms with Gasteiger partial charge in [0.15, 0.2) is 0 Å². The van der Waals surface area contributed by atoms with Gasteiger partial charge in [0.2, 0.25) is 0 Å². The molecule has 22 heavy (non-hydrogen) atoms. The van der Waals surface area contributed by atoms with Crippen molar-refractivity contribution in [3.8, 4) is 0 Å². The quantitative estimate of drug-likeness (QED) is 0.698. The monoisotopic (exact) mass is 312 g/mol. The molecule has 2 aromatic carbocycles. The summed E-state index contributed by atoms with van der Waals surface area (Å²) in [5, 5.41) is -0.492. The van der Waals surface area contributed by atoms with E-state index >= 15 is 0 Å². The van der Waals surface area contributed by atoms with Crippen LogP contribution in [0.4, 0.5) is 0 Å². The zero-order valence-corrected chi connectivity index (χ0v) is 12.7. The second-order valence-corrected chi connectivity index (χ2v) is 5.39. The van der Waals surface area contributed by atoms with Gasteiger partial charge >= 0.3 is 0 Å². The number of rotatable bonds is 3. The van der Waals surface area contributed by atoms with Crippen LogP contribution in [0.15, 0.2) is 53.3 Å². The van der Waals surface area contributed by atoms with E-state index in [1.54, 1.807) is 35.8 Å². The number of para-hydroxylation sites is 2. The maximum absolute atomic E-state index is 12.4. The van der Waals surface area contributed by atoms with Gasteiger partial charge < -0.3 is 4.57 Å². The predicted molar refractivity (Wildman–Crippen MR) is 86.5 cm³/mol. The lowest BCUT2D eigenvalue weighted by atomic mass is 10.1. The van der Waals surface area contributed by atoms with Crippen LogP contribution in [-0.2, 0) is 6.54 Å². The van der Waals surface area contributed by atoms with E-state index in [4.69, 9.17) is 11.6 Å². The number of hydrogen-bond donors (Lipinski definition) is 0. The van der Waals surface area contributed by atoms with Crippen LogP contribution < -0.4 is 5.56 Å². The molecule has 0 fully saturated rings. The molecule has 0 saturated heterocycles. The van der Waals surface area contributed by atoms with Crippen molar-refractivity contribution in [3.63, 3.8) is 0 Å². The third kappa shape index (κ3) is 2.65. The van der Waals surface area contributed by atoms with Crippen molar-refractivity contribution >= 4 is 27.9 Å². The molecule has 0 unspecified atom stereocenters. The van der Waals surface area contributed by atoms with Gasteiger partial charge in [0.25, 0.3) is 10.8 Å². The molecule has 0 saturated carbocycles. The van der Waals surface area contributed by atoms with Crippen molar-refractivity contribution in [3.05, 3.63) is 75.7 Å². The summed E-state index contributed by atoms with van der Waals surface area (Å²) in [6, 6.07) is 14.4. The lowest BCUT2D eigenvalue weighted by Crippen LogP contribution is -2.24. The predicted octanol–water partition coefficient (Wildman–Crippen LogP) is 3.13. The van der Waals surface area contributed by atoms with Gasteiger partial charge in [0.05, 0.1) is 17.6 Å². The molecule has 0 aliphatic rings. The molecule has 0 atom stereocenters. The first-order valence-electron chi connectivity index (χ1n) is 6.81. The molecule has 0 amide bonds. The second kappa shape index (κ2) is 5.73. The minimum atomic E-state index is -0.492. The van der Waals surface area contributed by atoms with E-state index < -0.39 is 5.24 Å². The minimum Gasteiger partial charge on any atom is -0.301 e. The van der Waals surface area contributed by atoms with Crippen LogP contribution in [0.3, 0.4) is 0 Å². The summed E-state index contributed by atoms with van der Waals surface area (Å²) in [6.45, 7) is 2.12. The minimum absolute atomic E-state index is 0.115. The standard InChI is InChI=1S/C17H13ClN2O2/c1-11-17(22)20(15-5-3-2-4-14(15)19-11)10-12-6-8-13(9-7-12)16(18)21/h2-9H,10H2,1H3. The summed E-state index contributed by atoms with van der Waals surface area (Å²) >= 11 is 5.44. The number of halogens is 1. The van der Waals surface area contributed by atoms with Gasteiger partial charge in [0, 0.05) is 5.56 Å². The highest BCUT2D eigenvalue weighted by atomic mass is 35.5. The summed E-state index contributed by atoms with van der Waals surface area (Å²) in [7, 11) is 0. The highest BCUT2D eigenvalue weighted by Crippen LogP contribution is 2.13. The Morgan fingerprint density at radius 2 is 1.82 bits per heavy atom. The van der Waals surface area contributed by atoms with Gasteiger partial charge in [-0.25, -0.2) is 4.98 Å². The zero-order valence-electron chi connectivity index (χ0n) is 11.9. The molecule has 0 N–H and O–H groups in total. The Labute approximate surface area is 132 Å². The largest absolute Gasteiger partial charge is 0.301 e. The highest BCUT2D eigenvalue weighted by molar-refractivity contribution is 6.67. The lowest BCUT2D eigenvalue weighted by molar-refractivity contribution is 0.108. The van der Waals surface area contributed by atoms with Gasteiger partial charge in [-0.3, -0.25) is 9.59 Å². The van der Waals surface area contributed by atoms with Crippen LogP contribution in [-0.4, -0.2) is 14.8 Å². The molecule has 5 heteroatoms. The first-order chi connectivity index (χ1) is 10.6. The Bertz CT molecular complexity index is 914. The maximum atomic E-state index is 12.4. The third-order valence-corrected chi connectivity index (χ3v) is 3.76. The third-order valence-electron chi connectivity index (χ3n) is 3.54. The number of nitrogens with zero attached hydrogens (tertiary/aromatic N) is 2. The number of carbonyl (C=O) groups excluding carboxylic acids is 1. The first-order valence-corrected chi connectivity index (χ1v) is 7.19. The topological polar surface area (TPSA) is 52.0 Å². The summed E-state index contributed by atoms with van der Waals surface area (Å²) in [5.41, 5.74) is 3.28. The van der Waals surface area contributed by atoms with Crippen molar-refractivity contribution in [1.82, 2.24) is 9.55 Å². The van der Waals surface area contributed by atoms with E-state index in [1.165, 1.54) is 0 Å². The number of benzene rings is 2. The fourth-order valence-corrected chi connectivity index (χ4v) is 2.53. The normalized spacial score (nSPS) is 10.8. The van der Waals surface area contributed by atoms with Crippen molar-refractivity contribution in [1.29, 1.82) is 0 Å². The van der Waals surface area contributed by atoms with Gasteiger partial charge in [-0.2, -0.15) is 0 Å². The maximum Gasteiger partial charge on any atom is 0.272 e. The van der Waals surface area contributed by atoms with Gasteiger partial charge in [-0.15, -0.1) is 0 Å². The lowest BCUT2D eigenvalue weighted by Gasteiger charge is -2.11. The highest BCUT2D eigenvalue weighted by Gasteiger charge is 2.08. The molecule has 0 aliphatic heterocycles. The molecule has 0 aliphatic carbocycles. The molecule has 110 valence electrons. The van der Waals surface area contributed by atoms with E-state index in [1.807, 2.05) is 24.3 Å². The Balaban J connectivity index is 2.08. The van der Waals surface area contributed by atoms with Crippen LogP contribution in [0, 0.1) is 6.92 Å². The van der Waals surface area contributed by atoms with E-state index in [-0.39, 0.29) is 5.56 Å². The molecule has 0 spiro atoms. The molecule has 1 heterocycles. The van der Waals surface area contributed by atoms with Crippen molar-refractivity contribution in [2.45, 2.75) is 13.5 Å². The van der Waals surface area contributed by atoms with Crippen LogP contribution in [0.25, 0.3) is 11.0 Å². The Kier molecular flexibility index (Phi) is 3.77. The van der Waals surface area contributed by atoms with E-state index in [0.717, 1.165) is 16.6 Å². The van der Waals surface area contributed by atoms with Crippen LogP contribution in [0.2, 0.25) is 0 Å². The summed E-state index contributed by atoms with van der Waals surface area (Å²) < 4.78 is 1.69. The molecule has 0 bridgehead atoms. The average Bonchev–Trinajstić information content (AvgIpc) is 2.52. The van der Waals surface area contributed by atoms with E-state index in [0.29, 0.717) is 17.8 Å². The number of aryl methyl sites for hydroxylation is 1. The van der Waals surface area contributed by atoms with Gasteiger partial charge in [0.1, 0.15) is 5.69 Å². The molecule has 0 radical (unpaired) electrons. The zero-order chi connectivity index (χ0) is 15.7. The SMILES string of the molecule is Cc1nc2ccccc2n(Cc2ccc(C(=O)Cl)cc2)c1=O. The number of aromatic nitrogens is 2.